The van der Waals surface area contributed by atoms with E-state index in [0.29, 0.717) is 16.9 Å². The SMILES string of the molecule is CO[C@@H]1COCC[C@H]1Sc1c(Cl)ccc2nc(C(C)(C)C)oc12. The predicted molar refractivity (Wildman–Crippen MR) is 93.6 cm³/mol. The Morgan fingerprint density at radius 3 is 2.83 bits per heavy atom. The molecule has 2 heterocycles. The van der Waals surface area contributed by atoms with E-state index in [2.05, 4.69) is 25.8 Å². The highest BCUT2D eigenvalue weighted by molar-refractivity contribution is 8.00. The minimum absolute atomic E-state index is 0.0603. The Balaban J connectivity index is 1.98. The Morgan fingerprint density at radius 1 is 1.35 bits per heavy atom. The van der Waals surface area contributed by atoms with E-state index in [9.17, 15) is 0 Å². The smallest absolute Gasteiger partial charge is 0.200 e. The van der Waals surface area contributed by atoms with Gasteiger partial charge in [0.15, 0.2) is 5.58 Å². The van der Waals surface area contributed by atoms with Gasteiger partial charge in [-0.2, -0.15) is 0 Å². The van der Waals surface area contributed by atoms with E-state index in [1.54, 1.807) is 18.9 Å². The number of ether oxygens (including phenoxy) is 2. The van der Waals surface area contributed by atoms with Gasteiger partial charge in [-0.05, 0) is 18.6 Å². The standard InChI is InChI=1S/C17H22ClNO3S/c1-17(2,3)16-19-11-6-5-10(18)15(14(11)22-16)23-13-7-8-21-9-12(13)20-4/h5-6,12-13H,7-9H2,1-4H3/t12-,13-/m1/s1. The van der Waals surface area contributed by atoms with Crippen molar-refractivity contribution in [2.24, 2.45) is 0 Å². The molecule has 6 heteroatoms. The molecule has 1 aromatic carbocycles. The maximum Gasteiger partial charge on any atom is 0.200 e. The number of benzene rings is 1. The van der Waals surface area contributed by atoms with Gasteiger partial charge in [0.2, 0.25) is 5.89 Å². The molecule has 0 N–H and O–H groups in total. The van der Waals surface area contributed by atoms with Crippen molar-refractivity contribution in [3.8, 4) is 0 Å². The molecule has 3 rings (SSSR count). The topological polar surface area (TPSA) is 44.5 Å². The average Bonchev–Trinajstić information content (AvgIpc) is 2.95. The Kier molecular flexibility index (Phi) is 4.93. The molecule has 4 nitrogen and oxygen atoms in total. The van der Waals surface area contributed by atoms with Crippen LogP contribution in [-0.4, -0.2) is 36.7 Å². The van der Waals surface area contributed by atoms with Gasteiger partial charge in [0.05, 0.1) is 22.6 Å². The molecule has 1 aliphatic rings. The molecular formula is C17H22ClNO3S. The second-order valence-electron chi connectivity index (χ2n) is 6.79. The van der Waals surface area contributed by atoms with Gasteiger partial charge in [-0.1, -0.05) is 32.4 Å². The zero-order valence-electron chi connectivity index (χ0n) is 13.9. The number of methoxy groups -OCH3 is 1. The first kappa shape index (κ1) is 17.1. The summed E-state index contributed by atoms with van der Waals surface area (Å²) in [4.78, 5) is 5.57. The van der Waals surface area contributed by atoms with Crippen molar-refractivity contribution in [3.05, 3.63) is 23.0 Å². The van der Waals surface area contributed by atoms with Crippen molar-refractivity contribution < 1.29 is 13.9 Å². The number of rotatable bonds is 3. The molecule has 2 aromatic rings. The van der Waals surface area contributed by atoms with Gasteiger partial charge in [0.1, 0.15) is 5.52 Å². The number of halogens is 1. The van der Waals surface area contributed by atoms with E-state index >= 15 is 0 Å². The highest BCUT2D eigenvalue weighted by atomic mass is 35.5. The van der Waals surface area contributed by atoms with Crippen LogP contribution in [0.1, 0.15) is 33.1 Å². The summed E-state index contributed by atoms with van der Waals surface area (Å²) in [6, 6.07) is 3.81. The second-order valence-corrected chi connectivity index (χ2v) is 8.44. The number of aromatic nitrogens is 1. The third-order valence-electron chi connectivity index (χ3n) is 3.92. The Morgan fingerprint density at radius 2 is 2.13 bits per heavy atom. The number of hydrogen-bond donors (Lipinski definition) is 0. The normalized spacial score (nSPS) is 22.7. The molecule has 126 valence electrons. The number of hydrogen-bond acceptors (Lipinski definition) is 5. The molecule has 1 fully saturated rings. The van der Waals surface area contributed by atoms with E-state index in [4.69, 9.17) is 25.5 Å². The molecule has 23 heavy (non-hydrogen) atoms. The van der Waals surface area contributed by atoms with Crippen LogP contribution in [0.25, 0.3) is 11.1 Å². The van der Waals surface area contributed by atoms with E-state index < -0.39 is 0 Å². The van der Waals surface area contributed by atoms with Crippen LogP contribution >= 0.6 is 23.4 Å². The predicted octanol–water partition coefficient (Wildman–Crippen LogP) is 4.67. The summed E-state index contributed by atoms with van der Waals surface area (Å²) in [7, 11) is 1.72. The van der Waals surface area contributed by atoms with Crippen LogP contribution in [0.2, 0.25) is 5.02 Å². The molecule has 0 unspecified atom stereocenters. The number of oxazole rings is 1. The average molecular weight is 356 g/mol. The summed E-state index contributed by atoms with van der Waals surface area (Å²) in [6.45, 7) is 7.63. The van der Waals surface area contributed by atoms with Crippen molar-refractivity contribution >= 4 is 34.5 Å². The van der Waals surface area contributed by atoms with Crippen LogP contribution in [0, 0.1) is 0 Å². The molecule has 0 amide bonds. The monoisotopic (exact) mass is 355 g/mol. The molecule has 0 bridgehead atoms. The van der Waals surface area contributed by atoms with E-state index in [1.165, 1.54) is 0 Å². The van der Waals surface area contributed by atoms with Crippen molar-refractivity contribution in [1.29, 1.82) is 0 Å². The van der Waals surface area contributed by atoms with Crippen molar-refractivity contribution in [2.45, 2.75) is 48.9 Å². The van der Waals surface area contributed by atoms with Gasteiger partial charge >= 0.3 is 0 Å². The zero-order chi connectivity index (χ0) is 16.6. The number of thioether (sulfide) groups is 1. The third-order valence-corrected chi connectivity index (χ3v) is 5.83. The highest BCUT2D eigenvalue weighted by Crippen LogP contribution is 2.41. The van der Waals surface area contributed by atoms with Crippen molar-refractivity contribution in [1.82, 2.24) is 4.98 Å². The molecule has 0 aliphatic carbocycles. The lowest BCUT2D eigenvalue weighted by atomic mass is 9.97. The van der Waals surface area contributed by atoms with Crippen molar-refractivity contribution in [2.75, 3.05) is 20.3 Å². The van der Waals surface area contributed by atoms with Gasteiger partial charge in [0, 0.05) is 24.4 Å². The highest BCUT2D eigenvalue weighted by Gasteiger charge is 2.29. The van der Waals surface area contributed by atoms with Crippen LogP contribution < -0.4 is 0 Å². The van der Waals surface area contributed by atoms with Crippen LogP contribution in [0.4, 0.5) is 0 Å². The molecule has 1 aromatic heterocycles. The van der Waals surface area contributed by atoms with E-state index in [1.807, 2.05) is 12.1 Å². The summed E-state index contributed by atoms with van der Waals surface area (Å²) >= 11 is 8.16. The fourth-order valence-electron chi connectivity index (χ4n) is 2.57. The Labute approximate surface area is 145 Å². The maximum atomic E-state index is 6.46. The summed E-state index contributed by atoms with van der Waals surface area (Å²) < 4.78 is 17.1. The Hall–Kier alpha value is -0.750. The zero-order valence-corrected chi connectivity index (χ0v) is 15.5. The second kappa shape index (κ2) is 6.63. The van der Waals surface area contributed by atoms with Crippen molar-refractivity contribution in [3.63, 3.8) is 0 Å². The van der Waals surface area contributed by atoms with E-state index in [-0.39, 0.29) is 11.5 Å². The quantitative estimate of drug-likeness (QED) is 0.800. The van der Waals surface area contributed by atoms with Gasteiger partial charge in [-0.15, -0.1) is 11.8 Å². The summed E-state index contributed by atoms with van der Waals surface area (Å²) in [5.41, 5.74) is 1.48. The fourth-order valence-corrected chi connectivity index (χ4v) is 4.15. The van der Waals surface area contributed by atoms with Crippen LogP contribution in [0.3, 0.4) is 0 Å². The molecule has 1 saturated heterocycles. The lowest BCUT2D eigenvalue weighted by molar-refractivity contribution is -0.0246. The molecule has 0 spiro atoms. The number of nitrogens with zero attached hydrogens (tertiary/aromatic N) is 1. The minimum Gasteiger partial charge on any atom is -0.439 e. The van der Waals surface area contributed by atoms with Crippen LogP contribution in [0.15, 0.2) is 21.4 Å². The minimum atomic E-state index is -0.138. The lowest BCUT2D eigenvalue weighted by Crippen LogP contribution is -2.36. The van der Waals surface area contributed by atoms with Gasteiger partial charge < -0.3 is 13.9 Å². The fraction of sp³-hybridized carbons (Fsp3) is 0.588. The largest absolute Gasteiger partial charge is 0.439 e. The summed E-state index contributed by atoms with van der Waals surface area (Å²) in [6.07, 6.45) is 0.987. The van der Waals surface area contributed by atoms with Gasteiger partial charge in [-0.25, -0.2) is 4.98 Å². The third kappa shape index (κ3) is 3.53. The van der Waals surface area contributed by atoms with E-state index in [0.717, 1.165) is 34.9 Å². The lowest BCUT2D eigenvalue weighted by Gasteiger charge is -2.30. The molecular weight excluding hydrogens is 334 g/mol. The van der Waals surface area contributed by atoms with Crippen LogP contribution in [0.5, 0.6) is 0 Å². The first-order valence-corrected chi connectivity index (χ1v) is 9.02. The molecule has 1 aliphatic heterocycles. The first-order chi connectivity index (χ1) is 10.9. The first-order valence-electron chi connectivity index (χ1n) is 7.77. The van der Waals surface area contributed by atoms with Gasteiger partial charge in [-0.3, -0.25) is 0 Å². The summed E-state index contributed by atoms with van der Waals surface area (Å²) in [5.74, 6) is 0.729. The summed E-state index contributed by atoms with van der Waals surface area (Å²) in [5, 5.41) is 0.987. The molecule has 2 atom stereocenters. The molecule has 0 radical (unpaired) electrons. The maximum absolute atomic E-state index is 6.46. The van der Waals surface area contributed by atoms with Gasteiger partial charge in [0.25, 0.3) is 0 Å². The van der Waals surface area contributed by atoms with Crippen LogP contribution in [-0.2, 0) is 14.9 Å². The Bertz CT molecular complexity index is 695. The number of fused-ring (bicyclic) bond motifs is 1. The molecule has 0 saturated carbocycles.